The number of morpholine rings is 1. The first-order chi connectivity index (χ1) is 13.6. The molecule has 0 radical (unpaired) electrons. The number of benzene rings is 1. The molecule has 1 N–H and O–H groups in total. The lowest BCUT2D eigenvalue weighted by Gasteiger charge is -2.27. The first-order valence-corrected chi connectivity index (χ1v) is 8.89. The predicted molar refractivity (Wildman–Crippen MR) is 96.0 cm³/mol. The van der Waals surface area contributed by atoms with Crippen molar-refractivity contribution in [2.45, 2.75) is 19.2 Å². The zero-order chi connectivity index (χ0) is 21.4. The van der Waals surface area contributed by atoms with Gasteiger partial charge >= 0.3 is 6.36 Å². The zero-order valence-corrected chi connectivity index (χ0v) is 15.8. The van der Waals surface area contributed by atoms with Crippen LogP contribution >= 0.6 is 0 Å². The lowest BCUT2D eigenvalue weighted by atomic mass is 10.2. The third kappa shape index (κ3) is 7.98. The number of amides is 3. The van der Waals surface area contributed by atoms with Crippen LogP contribution in [0, 0.1) is 0 Å². The molecule has 0 aliphatic carbocycles. The maximum Gasteiger partial charge on any atom is 0.573 e. The third-order valence-electron chi connectivity index (χ3n) is 4.09. The second-order valence-corrected chi connectivity index (χ2v) is 6.36. The lowest BCUT2D eigenvalue weighted by Crippen LogP contribution is -2.41. The number of hydrogen-bond acceptors (Lipinski definition) is 5. The van der Waals surface area contributed by atoms with E-state index in [1.54, 1.807) is 4.90 Å². The van der Waals surface area contributed by atoms with Crippen LogP contribution in [-0.2, 0) is 19.1 Å². The van der Waals surface area contributed by atoms with Crippen molar-refractivity contribution in [1.82, 2.24) is 9.80 Å². The van der Waals surface area contributed by atoms with Gasteiger partial charge in [0.05, 0.1) is 19.8 Å². The van der Waals surface area contributed by atoms with Crippen LogP contribution in [0.5, 0.6) is 5.75 Å². The van der Waals surface area contributed by atoms with E-state index >= 15 is 0 Å². The number of nitrogens with one attached hydrogen (secondary N) is 1. The van der Waals surface area contributed by atoms with Gasteiger partial charge in [-0.3, -0.25) is 14.4 Å². The Morgan fingerprint density at radius 1 is 1.14 bits per heavy atom. The monoisotopic (exact) mass is 417 g/mol. The Balaban J connectivity index is 1.74. The summed E-state index contributed by atoms with van der Waals surface area (Å²) >= 11 is 0. The molecule has 0 atom stereocenters. The highest BCUT2D eigenvalue weighted by atomic mass is 19.4. The lowest BCUT2D eigenvalue weighted by molar-refractivity contribution is -0.274. The summed E-state index contributed by atoms with van der Waals surface area (Å²) in [7, 11) is 1.43. The molecule has 1 saturated heterocycles. The highest BCUT2D eigenvalue weighted by Crippen LogP contribution is 2.23. The molecule has 2 rings (SSSR count). The van der Waals surface area contributed by atoms with Gasteiger partial charge in [-0.05, 0) is 24.3 Å². The van der Waals surface area contributed by atoms with Gasteiger partial charge in [0.1, 0.15) is 5.75 Å². The summed E-state index contributed by atoms with van der Waals surface area (Å²) in [5.41, 5.74) is 0.257. The highest BCUT2D eigenvalue weighted by molar-refractivity contribution is 5.94. The van der Waals surface area contributed by atoms with Gasteiger partial charge in [0, 0.05) is 38.7 Å². The minimum absolute atomic E-state index is 0.0244. The second-order valence-electron chi connectivity index (χ2n) is 6.36. The number of hydrogen-bond donors (Lipinski definition) is 1. The van der Waals surface area contributed by atoms with E-state index in [0.29, 0.717) is 26.3 Å². The fourth-order valence-electron chi connectivity index (χ4n) is 2.62. The number of rotatable bonds is 7. The van der Waals surface area contributed by atoms with Crippen LogP contribution < -0.4 is 10.1 Å². The van der Waals surface area contributed by atoms with Crippen LogP contribution in [0.25, 0.3) is 0 Å². The van der Waals surface area contributed by atoms with E-state index in [4.69, 9.17) is 4.74 Å². The van der Waals surface area contributed by atoms with Crippen LogP contribution in [0.15, 0.2) is 24.3 Å². The summed E-state index contributed by atoms with van der Waals surface area (Å²) in [5.74, 6) is -1.44. The van der Waals surface area contributed by atoms with E-state index in [-0.39, 0.29) is 36.9 Å². The van der Waals surface area contributed by atoms with Gasteiger partial charge in [-0.25, -0.2) is 0 Å². The fourth-order valence-corrected chi connectivity index (χ4v) is 2.62. The Labute approximate surface area is 165 Å². The first-order valence-electron chi connectivity index (χ1n) is 8.89. The zero-order valence-electron chi connectivity index (χ0n) is 15.8. The van der Waals surface area contributed by atoms with E-state index in [1.165, 1.54) is 24.1 Å². The number of ether oxygens (including phenoxy) is 2. The van der Waals surface area contributed by atoms with Gasteiger partial charge in [-0.2, -0.15) is 0 Å². The molecule has 1 aliphatic heterocycles. The number of carbonyl (C=O) groups excluding carboxylic acids is 3. The van der Waals surface area contributed by atoms with Crippen molar-refractivity contribution in [3.8, 4) is 5.75 Å². The van der Waals surface area contributed by atoms with Crippen LogP contribution in [0.2, 0.25) is 0 Å². The molecule has 0 spiro atoms. The van der Waals surface area contributed by atoms with Crippen molar-refractivity contribution in [1.29, 1.82) is 0 Å². The van der Waals surface area contributed by atoms with Crippen molar-refractivity contribution in [3.63, 3.8) is 0 Å². The molecule has 0 saturated carbocycles. The molecular formula is C18H22F3N3O5. The van der Waals surface area contributed by atoms with E-state index in [0.717, 1.165) is 12.1 Å². The fraction of sp³-hybridized carbons (Fsp3) is 0.500. The molecular weight excluding hydrogens is 395 g/mol. The number of halogens is 3. The quantitative estimate of drug-likeness (QED) is 0.729. The van der Waals surface area contributed by atoms with Crippen LogP contribution in [0.3, 0.4) is 0 Å². The van der Waals surface area contributed by atoms with Gasteiger partial charge in [-0.15, -0.1) is 13.2 Å². The number of anilines is 1. The predicted octanol–water partition coefficient (Wildman–Crippen LogP) is 1.62. The molecule has 1 aromatic carbocycles. The molecule has 0 bridgehead atoms. The average molecular weight is 417 g/mol. The van der Waals surface area contributed by atoms with Crippen molar-refractivity contribution in [2.75, 3.05) is 45.2 Å². The number of alkyl halides is 3. The molecule has 8 nitrogen and oxygen atoms in total. The summed E-state index contributed by atoms with van der Waals surface area (Å²) < 4.78 is 45.3. The molecule has 11 heteroatoms. The number of likely N-dealkylation sites (N-methyl/N-ethyl adjacent to an activating group) is 1. The molecule has 1 aromatic rings. The third-order valence-corrected chi connectivity index (χ3v) is 4.09. The molecule has 160 valence electrons. The van der Waals surface area contributed by atoms with Gasteiger partial charge < -0.3 is 24.6 Å². The van der Waals surface area contributed by atoms with Crippen LogP contribution in [0.4, 0.5) is 18.9 Å². The molecule has 3 amide bonds. The molecule has 1 fully saturated rings. The Kier molecular flexibility index (Phi) is 7.82. The summed E-state index contributed by atoms with van der Waals surface area (Å²) in [6.45, 7) is 1.69. The Morgan fingerprint density at radius 3 is 2.34 bits per heavy atom. The summed E-state index contributed by atoms with van der Waals surface area (Å²) in [5, 5.41) is 2.48. The first kappa shape index (κ1) is 22.5. The minimum Gasteiger partial charge on any atom is -0.406 e. The summed E-state index contributed by atoms with van der Waals surface area (Å²) in [6.07, 6.45) is -4.77. The van der Waals surface area contributed by atoms with E-state index in [2.05, 4.69) is 10.1 Å². The van der Waals surface area contributed by atoms with E-state index in [9.17, 15) is 27.6 Å². The van der Waals surface area contributed by atoms with Crippen LogP contribution in [-0.4, -0.2) is 73.8 Å². The standard InChI is InChI=1S/C18H22F3N3O5/c1-23(16(26)6-7-17(27)24-8-10-28-11-9-24)12-15(25)22-13-2-4-14(5-3-13)29-18(19,20)21/h2-5H,6-12H2,1H3,(H,22,25). The van der Waals surface area contributed by atoms with Crippen molar-refractivity contribution in [3.05, 3.63) is 24.3 Å². The van der Waals surface area contributed by atoms with Gasteiger partial charge in [0.25, 0.3) is 0 Å². The maximum atomic E-state index is 12.1. The maximum absolute atomic E-state index is 12.1. The Morgan fingerprint density at radius 2 is 1.76 bits per heavy atom. The average Bonchev–Trinajstić information content (AvgIpc) is 2.66. The smallest absolute Gasteiger partial charge is 0.406 e. The van der Waals surface area contributed by atoms with Crippen LogP contribution in [0.1, 0.15) is 12.8 Å². The normalized spacial score (nSPS) is 14.3. The van der Waals surface area contributed by atoms with E-state index < -0.39 is 18.0 Å². The van der Waals surface area contributed by atoms with Gasteiger partial charge in [-0.1, -0.05) is 0 Å². The second kappa shape index (κ2) is 10.1. The summed E-state index contributed by atoms with van der Waals surface area (Å²) in [6, 6.07) is 4.63. The molecule has 0 aromatic heterocycles. The van der Waals surface area contributed by atoms with E-state index in [1.807, 2.05) is 0 Å². The topological polar surface area (TPSA) is 88.2 Å². The molecule has 1 heterocycles. The highest BCUT2D eigenvalue weighted by Gasteiger charge is 2.31. The minimum atomic E-state index is -4.79. The largest absolute Gasteiger partial charge is 0.573 e. The van der Waals surface area contributed by atoms with Crippen molar-refractivity contribution in [2.24, 2.45) is 0 Å². The van der Waals surface area contributed by atoms with Crippen molar-refractivity contribution < 1.29 is 37.0 Å². The Bertz CT molecular complexity index is 718. The summed E-state index contributed by atoms with van der Waals surface area (Å²) in [4.78, 5) is 39.0. The van der Waals surface area contributed by atoms with Gasteiger partial charge in [0.15, 0.2) is 0 Å². The molecule has 29 heavy (non-hydrogen) atoms. The number of carbonyl (C=O) groups is 3. The number of nitrogens with zero attached hydrogens (tertiary/aromatic N) is 2. The van der Waals surface area contributed by atoms with Crippen molar-refractivity contribution >= 4 is 23.4 Å². The van der Waals surface area contributed by atoms with Gasteiger partial charge in [0.2, 0.25) is 17.7 Å². The molecule has 1 aliphatic rings. The molecule has 0 unspecified atom stereocenters. The SMILES string of the molecule is CN(CC(=O)Nc1ccc(OC(F)(F)F)cc1)C(=O)CCC(=O)N1CCOCC1. The Hall–Kier alpha value is -2.82.